The van der Waals surface area contributed by atoms with E-state index in [0.717, 1.165) is 25.7 Å². The fraction of sp³-hybridized carbons (Fsp3) is 0.571. The number of nitrogens with one attached hydrogen (secondary N) is 1. The highest BCUT2D eigenvalue weighted by molar-refractivity contribution is 6.36. The van der Waals surface area contributed by atoms with Gasteiger partial charge in [0.2, 0.25) is 23.6 Å². The zero-order chi connectivity index (χ0) is 26.5. The minimum atomic E-state index is -0.724. The molecule has 1 aromatic carbocycles. The minimum Gasteiger partial charge on any atom is -0.352 e. The van der Waals surface area contributed by atoms with Gasteiger partial charge in [0.25, 0.3) is 0 Å². The molecule has 1 N–H and O–H groups in total. The average molecular weight is 549 g/mol. The Morgan fingerprint density at radius 3 is 2.19 bits per heavy atom. The van der Waals surface area contributed by atoms with Crippen molar-refractivity contribution in [3.05, 3.63) is 46.0 Å². The monoisotopic (exact) mass is 547 g/mol. The predicted octanol–water partition coefficient (Wildman–Crippen LogP) is 4.89. The van der Waals surface area contributed by atoms with Gasteiger partial charge in [0, 0.05) is 41.2 Å². The van der Waals surface area contributed by atoms with Crippen molar-refractivity contribution >= 4 is 46.8 Å². The van der Waals surface area contributed by atoms with Crippen molar-refractivity contribution in [2.24, 2.45) is 11.8 Å². The van der Waals surface area contributed by atoms with E-state index < -0.39 is 6.04 Å². The third-order valence-electron chi connectivity index (χ3n) is 7.88. The van der Waals surface area contributed by atoms with E-state index in [1.165, 1.54) is 16.2 Å². The lowest BCUT2D eigenvalue weighted by Gasteiger charge is -2.33. The van der Waals surface area contributed by atoms with E-state index in [-0.39, 0.29) is 61.0 Å². The molecule has 0 spiro atoms. The largest absolute Gasteiger partial charge is 0.352 e. The van der Waals surface area contributed by atoms with Crippen LogP contribution in [0.15, 0.2) is 30.4 Å². The summed E-state index contributed by atoms with van der Waals surface area (Å²) in [6, 6.07) is 4.51. The first-order valence-electron chi connectivity index (χ1n) is 13.3. The summed E-state index contributed by atoms with van der Waals surface area (Å²) in [7, 11) is 0. The van der Waals surface area contributed by atoms with Crippen LogP contribution in [0.1, 0.15) is 70.3 Å². The summed E-state index contributed by atoms with van der Waals surface area (Å²) in [5.74, 6) is -1.62. The Balaban J connectivity index is 1.51. The van der Waals surface area contributed by atoms with Crippen molar-refractivity contribution in [2.45, 2.75) is 83.3 Å². The lowest BCUT2D eigenvalue weighted by molar-refractivity contribution is -0.144. The van der Waals surface area contributed by atoms with Crippen molar-refractivity contribution < 1.29 is 19.2 Å². The predicted molar refractivity (Wildman–Crippen MR) is 143 cm³/mol. The zero-order valence-corrected chi connectivity index (χ0v) is 22.8. The van der Waals surface area contributed by atoms with Gasteiger partial charge in [-0.2, -0.15) is 0 Å². The fourth-order valence-electron chi connectivity index (χ4n) is 5.76. The maximum absolute atomic E-state index is 13.6. The van der Waals surface area contributed by atoms with Gasteiger partial charge in [0.1, 0.15) is 6.04 Å². The molecular formula is C28H35Cl2N3O4. The van der Waals surface area contributed by atoms with E-state index in [1.54, 1.807) is 18.2 Å². The van der Waals surface area contributed by atoms with Gasteiger partial charge in [-0.3, -0.25) is 24.1 Å². The molecule has 7 nitrogen and oxygen atoms in total. The molecule has 4 amide bonds. The fourth-order valence-corrected chi connectivity index (χ4v) is 6.27. The molecule has 1 aliphatic heterocycles. The van der Waals surface area contributed by atoms with Crippen LogP contribution >= 0.6 is 23.2 Å². The van der Waals surface area contributed by atoms with E-state index >= 15 is 0 Å². The molecule has 1 heterocycles. The number of carbonyl (C=O) groups is 4. The first-order valence-corrected chi connectivity index (χ1v) is 14.1. The van der Waals surface area contributed by atoms with Crippen LogP contribution in [0.2, 0.25) is 10.0 Å². The first kappa shape index (κ1) is 27.6. The van der Waals surface area contributed by atoms with Gasteiger partial charge in [0.05, 0.1) is 11.8 Å². The summed E-state index contributed by atoms with van der Waals surface area (Å²) in [6.07, 6.45) is 10.5. The number of halogens is 2. The lowest BCUT2D eigenvalue weighted by atomic mass is 9.85. The molecule has 200 valence electrons. The van der Waals surface area contributed by atoms with E-state index in [0.29, 0.717) is 34.9 Å². The van der Waals surface area contributed by atoms with E-state index in [1.807, 2.05) is 19.1 Å². The van der Waals surface area contributed by atoms with Gasteiger partial charge in [0.15, 0.2) is 0 Å². The van der Waals surface area contributed by atoms with Gasteiger partial charge >= 0.3 is 0 Å². The second-order valence-electron chi connectivity index (χ2n) is 10.2. The summed E-state index contributed by atoms with van der Waals surface area (Å²) >= 11 is 12.8. The Hall–Kier alpha value is -2.38. The van der Waals surface area contributed by atoms with Crippen molar-refractivity contribution in [3.8, 4) is 0 Å². The van der Waals surface area contributed by atoms with E-state index in [2.05, 4.69) is 5.32 Å². The van der Waals surface area contributed by atoms with Gasteiger partial charge in [-0.05, 0) is 44.2 Å². The topological polar surface area (TPSA) is 86.8 Å². The Morgan fingerprint density at radius 1 is 1.03 bits per heavy atom. The zero-order valence-electron chi connectivity index (χ0n) is 21.3. The maximum atomic E-state index is 13.6. The van der Waals surface area contributed by atoms with Crippen molar-refractivity contribution in [2.75, 3.05) is 6.54 Å². The number of benzene rings is 1. The van der Waals surface area contributed by atoms with Crippen LogP contribution in [-0.2, 0) is 25.7 Å². The smallest absolute Gasteiger partial charge is 0.243 e. The molecule has 1 saturated carbocycles. The molecule has 0 bridgehead atoms. The quantitative estimate of drug-likeness (QED) is 0.352. The van der Waals surface area contributed by atoms with Crippen LogP contribution in [0.25, 0.3) is 0 Å². The molecule has 0 radical (unpaired) electrons. The number of hydrogen-bond donors (Lipinski definition) is 1. The van der Waals surface area contributed by atoms with Gasteiger partial charge < -0.3 is 10.2 Å². The van der Waals surface area contributed by atoms with Crippen LogP contribution in [0.4, 0.5) is 0 Å². The molecule has 2 fully saturated rings. The summed E-state index contributed by atoms with van der Waals surface area (Å²) in [5.41, 5.74) is 0.563. The number of rotatable bonds is 9. The van der Waals surface area contributed by atoms with Crippen molar-refractivity contribution in [1.29, 1.82) is 0 Å². The minimum absolute atomic E-state index is 0.00304. The van der Waals surface area contributed by atoms with Crippen LogP contribution in [0.3, 0.4) is 0 Å². The Labute approximate surface area is 228 Å². The van der Waals surface area contributed by atoms with Crippen molar-refractivity contribution in [1.82, 2.24) is 15.1 Å². The number of likely N-dealkylation sites (tertiary alicyclic amines) is 1. The Bertz CT molecular complexity index is 1020. The van der Waals surface area contributed by atoms with Crippen molar-refractivity contribution in [3.63, 3.8) is 0 Å². The number of allylic oxidation sites excluding steroid dienone is 2. The van der Waals surface area contributed by atoms with E-state index in [9.17, 15) is 19.2 Å². The van der Waals surface area contributed by atoms with Crippen LogP contribution in [0, 0.1) is 11.8 Å². The highest BCUT2D eigenvalue weighted by Crippen LogP contribution is 2.35. The SMILES string of the molecule is CCC(C(=O)NC1CCCCC1)N(Cc1c(Cl)cccc1Cl)C(=O)CCN1C(=O)[C@H]2CC=CC[C@H]2C1=O. The Morgan fingerprint density at radius 2 is 1.62 bits per heavy atom. The molecule has 1 saturated heterocycles. The number of carbonyl (C=O) groups excluding carboxylic acids is 4. The van der Waals surface area contributed by atoms with Gasteiger partial charge in [-0.25, -0.2) is 0 Å². The lowest BCUT2D eigenvalue weighted by Crippen LogP contribution is -2.52. The standard InChI is InChI=1S/C28H35Cl2N3O4/c1-2-24(26(35)31-18-9-4-3-5-10-18)33(17-21-22(29)13-8-14-23(21)30)25(34)15-16-32-27(36)19-11-6-7-12-20(19)28(32)37/h6-8,13-14,18-20,24H,2-5,9-12,15-17H2,1H3,(H,31,35)/t19-,20+,24?. The molecule has 3 aliphatic rings. The molecule has 2 aliphatic carbocycles. The van der Waals surface area contributed by atoms with Crippen LogP contribution in [-0.4, -0.2) is 52.1 Å². The highest BCUT2D eigenvalue weighted by atomic mass is 35.5. The Kier molecular flexibility index (Phi) is 9.30. The molecule has 4 rings (SSSR count). The first-order chi connectivity index (χ1) is 17.8. The second kappa shape index (κ2) is 12.4. The third kappa shape index (κ3) is 6.20. The van der Waals surface area contributed by atoms with Crippen LogP contribution in [0.5, 0.6) is 0 Å². The summed E-state index contributed by atoms with van der Waals surface area (Å²) < 4.78 is 0. The van der Waals surface area contributed by atoms with E-state index in [4.69, 9.17) is 23.2 Å². The molecule has 9 heteroatoms. The molecule has 0 aromatic heterocycles. The molecule has 1 unspecified atom stereocenters. The number of hydrogen-bond acceptors (Lipinski definition) is 4. The van der Waals surface area contributed by atoms with Crippen LogP contribution < -0.4 is 5.32 Å². The molecule has 1 aromatic rings. The summed E-state index contributed by atoms with van der Waals surface area (Å²) in [4.78, 5) is 55.5. The van der Waals surface area contributed by atoms with Gasteiger partial charge in [-0.15, -0.1) is 0 Å². The molecular weight excluding hydrogens is 513 g/mol. The normalized spacial score (nSPS) is 22.6. The average Bonchev–Trinajstić information content (AvgIpc) is 3.14. The molecule has 3 atom stereocenters. The number of nitrogens with zero attached hydrogens (tertiary/aromatic N) is 2. The summed E-state index contributed by atoms with van der Waals surface area (Å²) in [6.45, 7) is 1.92. The molecule has 37 heavy (non-hydrogen) atoms. The second-order valence-corrected chi connectivity index (χ2v) is 11.0. The number of imide groups is 1. The number of amides is 4. The third-order valence-corrected chi connectivity index (χ3v) is 8.58. The highest BCUT2D eigenvalue weighted by Gasteiger charge is 2.47. The summed E-state index contributed by atoms with van der Waals surface area (Å²) in [5, 5.41) is 3.96. The maximum Gasteiger partial charge on any atom is 0.243 e. The van der Waals surface area contributed by atoms with Gasteiger partial charge in [-0.1, -0.05) is 67.6 Å². The number of fused-ring (bicyclic) bond motifs is 1.